The lowest BCUT2D eigenvalue weighted by atomic mass is 10.1. The number of hydrogen-bond acceptors (Lipinski definition) is 2. The second-order valence-corrected chi connectivity index (χ2v) is 5.27. The fourth-order valence-corrected chi connectivity index (χ4v) is 2.32. The minimum Gasteiger partial charge on any atom is -0.356 e. The standard InChI is InChI=1S/C16H27ClN4/c1-4-21(5-2)12-11-20-16(18-3)19-10-9-14-7-6-8-15(17)13-14/h6-8,13H,4-5,9-12H2,1-3H3,(H2,18,19,20). The van der Waals surface area contributed by atoms with Gasteiger partial charge in [0.15, 0.2) is 5.96 Å². The molecule has 2 N–H and O–H groups in total. The van der Waals surface area contributed by atoms with Crippen molar-refractivity contribution in [3.63, 3.8) is 0 Å². The Hall–Kier alpha value is -1.26. The summed E-state index contributed by atoms with van der Waals surface area (Å²) < 4.78 is 0. The second-order valence-electron chi connectivity index (χ2n) is 4.83. The van der Waals surface area contributed by atoms with E-state index in [2.05, 4.69) is 40.4 Å². The fraction of sp³-hybridized carbons (Fsp3) is 0.562. The maximum absolute atomic E-state index is 5.98. The summed E-state index contributed by atoms with van der Waals surface area (Å²) in [6.07, 6.45) is 0.928. The number of benzene rings is 1. The molecule has 0 aliphatic carbocycles. The third-order valence-electron chi connectivity index (χ3n) is 3.43. The summed E-state index contributed by atoms with van der Waals surface area (Å²) in [7, 11) is 1.80. The molecule has 1 rings (SSSR count). The lowest BCUT2D eigenvalue weighted by molar-refractivity contribution is 0.308. The Morgan fingerprint density at radius 1 is 1.19 bits per heavy atom. The highest BCUT2D eigenvalue weighted by molar-refractivity contribution is 6.30. The monoisotopic (exact) mass is 310 g/mol. The number of likely N-dealkylation sites (N-methyl/N-ethyl adjacent to an activating group) is 1. The predicted molar refractivity (Wildman–Crippen MR) is 92.3 cm³/mol. The Morgan fingerprint density at radius 3 is 2.52 bits per heavy atom. The van der Waals surface area contributed by atoms with Gasteiger partial charge < -0.3 is 15.5 Å². The molecule has 4 nitrogen and oxygen atoms in total. The number of nitrogens with zero attached hydrogens (tertiary/aromatic N) is 2. The molecule has 0 aromatic heterocycles. The van der Waals surface area contributed by atoms with Crippen LogP contribution in [0.25, 0.3) is 0 Å². The molecule has 0 radical (unpaired) electrons. The highest BCUT2D eigenvalue weighted by atomic mass is 35.5. The van der Waals surface area contributed by atoms with Crippen molar-refractivity contribution in [2.24, 2.45) is 4.99 Å². The summed E-state index contributed by atoms with van der Waals surface area (Å²) >= 11 is 5.98. The molecule has 0 unspecified atom stereocenters. The van der Waals surface area contributed by atoms with Crippen molar-refractivity contribution in [3.8, 4) is 0 Å². The zero-order chi connectivity index (χ0) is 15.5. The van der Waals surface area contributed by atoms with Gasteiger partial charge in [0.25, 0.3) is 0 Å². The first kappa shape index (κ1) is 17.8. The van der Waals surface area contributed by atoms with Crippen molar-refractivity contribution < 1.29 is 0 Å². The largest absolute Gasteiger partial charge is 0.356 e. The summed E-state index contributed by atoms with van der Waals surface area (Å²) in [4.78, 5) is 6.62. The van der Waals surface area contributed by atoms with E-state index in [9.17, 15) is 0 Å². The van der Waals surface area contributed by atoms with Gasteiger partial charge in [-0.25, -0.2) is 0 Å². The zero-order valence-corrected chi connectivity index (χ0v) is 14.1. The van der Waals surface area contributed by atoms with Gasteiger partial charge in [0.05, 0.1) is 0 Å². The van der Waals surface area contributed by atoms with Crippen LogP contribution in [0.3, 0.4) is 0 Å². The average Bonchev–Trinajstić information content (AvgIpc) is 2.50. The highest BCUT2D eigenvalue weighted by Gasteiger charge is 2.01. The lowest BCUT2D eigenvalue weighted by Crippen LogP contribution is -2.42. The van der Waals surface area contributed by atoms with Gasteiger partial charge in [-0.3, -0.25) is 4.99 Å². The summed E-state index contributed by atoms with van der Waals surface area (Å²) in [6, 6.07) is 7.96. The van der Waals surface area contributed by atoms with Crippen LogP contribution in [-0.4, -0.2) is 50.6 Å². The van der Waals surface area contributed by atoms with Crippen LogP contribution in [0.1, 0.15) is 19.4 Å². The van der Waals surface area contributed by atoms with Gasteiger partial charge in [0, 0.05) is 31.7 Å². The Bertz CT molecular complexity index is 430. The minimum atomic E-state index is 0.786. The molecule has 0 aliphatic heterocycles. The molecular formula is C16H27ClN4. The summed E-state index contributed by atoms with van der Waals surface area (Å²) in [6.45, 7) is 9.30. The number of nitrogens with one attached hydrogen (secondary N) is 2. The van der Waals surface area contributed by atoms with Gasteiger partial charge in [-0.05, 0) is 37.2 Å². The molecule has 5 heteroatoms. The molecule has 0 atom stereocenters. The van der Waals surface area contributed by atoms with Crippen LogP contribution in [0.4, 0.5) is 0 Å². The fourth-order valence-electron chi connectivity index (χ4n) is 2.11. The summed E-state index contributed by atoms with van der Waals surface area (Å²) in [5.74, 6) is 0.851. The van der Waals surface area contributed by atoms with Gasteiger partial charge in [0.1, 0.15) is 0 Å². The average molecular weight is 311 g/mol. The number of hydrogen-bond donors (Lipinski definition) is 2. The zero-order valence-electron chi connectivity index (χ0n) is 13.3. The molecule has 0 amide bonds. The maximum atomic E-state index is 5.98. The van der Waals surface area contributed by atoms with Crippen molar-refractivity contribution in [2.45, 2.75) is 20.3 Å². The van der Waals surface area contributed by atoms with Gasteiger partial charge in [-0.1, -0.05) is 37.6 Å². The number of guanidine groups is 1. The SMILES string of the molecule is CCN(CC)CCNC(=NC)NCCc1cccc(Cl)c1. The first-order chi connectivity index (χ1) is 10.2. The van der Waals surface area contributed by atoms with E-state index in [1.54, 1.807) is 7.05 Å². The Kier molecular flexibility index (Phi) is 8.87. The van der Waals surface area contributed by atoms with Gasteiger partial charge in [-0.2, -0.15) is 0 Å². The minimum absolute atomic E-state index is 0.786. The van der Waals surface area contributed by atoms with Crippen molar-refractivity contribution in [1.29, 1.82) is 0 Å². The number of halogens is 1. The van der Waals surface area contributed by atoms with Crippen LogP contribution in [0.5, 0.6) is 0 Å². The first-order valence-electron chi connectivity index (χ1n) is 7.60. The van der Waals surface area contributed by atoms with E-state index >= 15 is 0 Å². The number of aliphatic imine (C=N–C) groups is 1. The molecule has 0 spiro atoms. The third kappa shape index (κ3) is 7.34. The van der Waals surface area contributed by atoms with E-state index in [0.717, 1.165) is 50.1 Å². The van der Waals surface area contributed by atoms with Crippen molar-refractivity contribution >= 4 is 17.6 Å². The van der Waals surface area contributed by atoms with Crippen molar-refractivity contribution in [1.82, 2.24) is 15.5 Å². The van der Waals surface area contributed by atoms with Crippen LogP contribution in [0, 0.1) is 0 Å². The van der Waals surface area contributed by atoms with E-state index in [4.69, 9.17) is 11.6 Å². The van der Waals surface area contributed by atoms with Crippen LogP contribution in [0.15, 0.2) is 29.3 Å². The molecular weight excluding hydrogens is 284 g/mol. The topological polar surface area (TPSA) is 39.7 Å². The highest BCUT2D eigenvalue weighted by Crippen LogP contribution is 2.10. The normalized spacial score (nSPS) is 11.8. The van der Waals surface area contributed by atoms with Gasteiger partial charge >= 0.3 is 0 Å². The molecule has 0 saturated heterocycles. The molecule has 0 saturated carbocycles. The van der Waals surface area contributed by atoms with E-state index in [1.807, 2.05) is 18.2 Å². The van der Waals surface area contributed by atoms with E-state index in [0.29, 0.717) is 0 Å². The van der Waals surface area contributed by atoms with Gasteiger partial charge in [0.2, 0.25) is 0 Å². The van der Waals surface area contributed by atoms with E-state index < -0.39 is 0 Å². The maximum Gasteiger partial charge on any atom is 0.191 e. The van der Waals surface area contributed by atoms with E-state index in [1.165, 1.54) is 5.56 Å². The van der Waals surface area contributed by atoms with E-state index in [-0.39, 0.29) is 0 Å². The van der Waals surface area contributed by atoms with Crippen molar-refractivity contribution in [3.05, 3.63) is 34.9 Å². The Morgan fingerprint density at radius 2 is 1.90 bits per heavy atom. The molecule has 21 heavy (non-hydrogen) atoms. The first-order valence-corrected chi connectivity index (χ1v) is 7.98. The molecule has 118 valence electrons. The molecule has 0 heterocycles. The molecule has 0 aliphatic rings. The second kappa shape index (κ2) is 10.5. The van der Waals surface area contributed by atoms with Crippen molar-refractivity contribution in [2.75, 3.05) is 39.8 Å². The third-order valence-corrected chi connectivity index (χ3v) is 3.67. The van der Waals surface area contributed by atoms with Crippen LogP contribution < -0.4 is 10.6 Å². The number of rotatable bonds is 8. The van der Waals surface area contributed by atoms with Crippen LogP contribution in [-0.2, 0) is 6.42 Å². The molecule has 0 fully saturated rings. The predicted octanol–water partition coefficient (Wildman–Crippen LogP) is 2.39. The molecule has 1 aromatic carbocycles. The lowest BCUT2D eigenvalue weighted by Gasteiger charge is -2.19. The molecule has 0 bridgehead atoms. The quantitative estimate of drug-likeness (QED) is 0.572. The van der Waals surface area contributed by atoms with Crippen LogP contribution >= 0.6 is 11.6 Å². The summed E-state index contributed by atoms with van der Waals surface area (Å²) in [5.41, 5.74) is 1.23. The Labute approximate surface area is 133 Å². The molecule has 1 aromatic rings. The van der Waals surface area contributed by atoms with Gasteiger partial charge in [-0.15, -0.1) is 0 Å². The summed E-state index contributed by atoms with van der Waals surface area (Å²) in [5, 5.41) is 7.45. The smallest absolute Gasteiger partial charge is 0.191 e. The Balaban J connectivity index is 2.25. The van der Waals surface area contributed by atoms with Crippen LogP contribution in [0.2, 0.25) is 5.02 Å².